The van der Waals surface area contributed by atoms with Gasteiger partial charge in [0.15, 0.2) is 0 Å². The number of carbonyl (C=O) groups excluding carboxylic acids is 1. The van der Waals surface area contributed by atoms with Gasteiger partial charge in [0.05, 0.1) is 4.90 Å². The Kier molecular flexibility index (Phi) is 6.49. The van der Waals surface area contributed by atoms with Gasteiger partial charge < -0.3 is 4.90 Å². The lowest BCUT2D eigenvalue weighted by atomic mass is 10.1. The quantitative estimate of drug-likeness (QED) is 0.673. The van der Waals surface area contributed by atoms with E-state index in [4.69, 9.17) is 0 Å². The second-order valence-electron chi connectivity index (χ2n) is 6.86. The van der Waals surface area contributed by atoms with E-state index in [9.17, 15) is 13.2 Å². The van der Waals surface area contributed by atoms with E-state index < -0.39 is 10.0 Å². The molecule has 1 fully saturated rings. The van der Waals surface area contributed by atoms with Crippen molar-refractivity contribution in [3.8, 4) is 0 Å². The minimum atomic E-state index is -3.64. The predicted molar refractivity (Wildman–Crippen MR) is 110 cm³/mol. The van der Waals surface area contributed by atoms with Gasteiger partial charge in [-0.05, 0) is 45.8 Å². The van der Waals surface area contributed by atoms with E-state index in [0.717, 1.165) is 29.5 Å². The number of rotatable bonds is 5. The Labute approximate surface area is 174 Å². The molecule has 1 aromatic heterocycles. The van der Waals surface area contributed by atoms with Crippen LogP contribution < -0.4 is 0 Å². The van der Waals surface area contributed by atoms with Crippen molar-refractivity contribution in [3.63, 3.8) is 0 Å². The summed E-state index contributed by atoms with van der Waals surface area (Å²) in [6.45, 7) is 3.54. The summed E-state index contributed by atoms with van der Waals surface area (Å²) in [4.78, 5) is 21.2. The molecule has 0 unspecified atom stereocenters. The number of carbonyl (C=O) groups is 1. The summed E-state index contributed by atoms with van der Waals surface area (Å²) < 4.78 is 26.5. The fraction of sp³-hybridized carbons (Fsp3) is 0.368. The van der Waals surface area contributed by atoms with E-state index in [-0.39, 0.29) is 10.8 Å². The molecule has 9 heteroatoms. The average molecular weight is 467 g/mol. The van der Waals surface area contributed by atoms with Crippen LogP contribution in [-0.2, 0) is 16.6 Å². The van der Waals surface area contributed by atoms with Gasteiger partial charge in [0.1, 0.15) is 0 Å². The van der Waals surface area contributed by atoms with Crippen LogP contribution in [0, 0.1) is 0 Å². The summed E-state index contributed by atoms with van der Waals surface area (Å²) in [7, 11) is -0.696. The highest BCUT2D eigenvalue weighted by atomic mass is 79.9. The lowest BCUT2D eigenvalue weighted by Crippen LogP contribution is -2.48. The fourth-order valence-electron chi connectivity index (χ4n) is 3.07. The Morgan fingerprint density at radius 2 is 1.89 bits per heavy atom. The van der Waals surface area contributed by atoms with Crippen LogP contribution in [0.15, 0.2) is 52.1 Å². The SMILES string of the molecule is CN(C)S(=O)(=O)c1cc(C(=O)N2CCN(Cc3cccnc3)CC2)ccc1Br. The number of sulfonamides is 1. The molecule has 0 bridgehead atoms. The molecule has 1 aliphatic heterocycles. The van der Waals surface area contributed by atoms with Crippen molar-refractivity contribution >= 4 is 31.9 Å². The lowest BCUT2D eigenvalue weighted by molar-refractivity contribution is 0.0628. The monoisotopic (exact) mass is 466 g/mol. The van der Waals surface area contributed by atoms with E-state index in [1.165, 1.54) is 20.2 Å². The summed E-state index contributed by atoms with van der Waals surface area (Å²) in [5.41, 5.74) is 1.53. The van der Waals surface area contributed by atoms with Gasteiger partial charge in [0.25, 0.3) is 5.91 Å². The molecule has 1 saturated heterocycles. The number of benzene rings is 1. The maximum Gasteiger partial charge on any atom is 0.253 e. The van der Waals surface area contributed by atoms with E-state index in [0.29, 0.717) is 23.1 Å². The standard InChI is InChI=1S/C19H23BrN4O3S/c1-22(2)28(26,27)18-12-16(5-6-17(18)20)19(25)24-10-8-23(9-11-24)14-15-4-3-7-21-13-15/h3-7,12-13H,8-11,14H2,1-2H3. The Morgan fingerprint density at radius 1 is 1.18 bits per heavy atom. The van der Waals surface area contributed by atoms with Gasteiger partial charge in [-0.3, -0.25) is 14.7 Å². The lowest BCUT2D eigenvalue weighted by Gasteiger charge is -2.34. The molecular weight excluding hydrogens is 444 g/mol. The van der Waals surface area contributed by atoms with Crippen LogP contribution in [0.1, 0.15) is 15.9 Å². The summed E-state index contributed by atoms with van der Waals surface area (Å²) in [6.07, 6.45) is 3.61. The maximum absolute atomic E-state index is 12.9. The second-order valence-corrected chi connectivity index (χ2v) is 9.84. The van der Waals surface area contributed by atoms with Gasteiger partial charge in [0.2, 0.25) is 10.0 Å². The molecule has 3 rings (SSSR count). The smallest absolute Gasteiger partial charge is 0.253 e. The molecule has 0 atom stereocenters. The van der Waals surface area contributed by atoms with Crippen molar-refractivity contribution in [2.75, 3.05) is 40.3 Å². The molecule has 1 aromatic carbocycles. The first kappa shape index (κ1) is 20.9. The minimum absolute atomic E-state index is 0.0959. The topological polar surface area (TPSA) is 73.8 Å². The first-order chi connectivity index (χ1) is 13.3. The molecule has 2 heterocycles. The molecule has 0 saturated carbocycles. The Morgan fingerprint density at radius 3 is 2.50 bits per heavy atom. The van der Waals surface area contributed by atoms with Crippen LogP contribution >= 0.6 is 15.9 Å². The average Bonchev–Trinajstić information content (AvgIpc) is 2.69. The number of hydrogen-bond acceptors (Lipinski definition) is 5. The largest absolute Gasteiger partial charge is 0.336 e. The minimum Gasteiger partial charge on any atom is -0.336 e. The predicted octanol–water partition coefficient (Wildman–Crippen LogP) is 2.05. The third-order valence-electron chi connectivity index (χ3n) is 4.73. The van der Waals surface area contributed by atoms with Crippen LogP contribution in [0.25, 0.3) is 0 Å². The molecular formula is C19H23BrN4O3S. The van der Waals surface area contributed by atoms with Gasteiger partial charge in [-0.2, -0.15) is 0 Å². The maximum atomic E-state index is 12.9. The molecule has 1 amide bonds. The van der Waals surface area contributed by atoms with Crippen LogP contribution in [-0.4, -0.2) is 73.7 Å². The molecule has 0 radical (unpaired) electrons. The number of nitrogens with zero attached hydrogens (tertiary/aromatic N) is 4. The van der Waals surface area contributed by atoms with E-state index in [2.05, 4.69) is 25.8 Å². The van der Waals surface area contributed by atoms with Gasteiger partial charge in [-0.15, -0.1) is 0 Å². The van der Waals surface area contributed by atoms with Gasteiger partial charge >= 0.3 is 0 Å². The van der Waals surface area contributed by atoms with Crippen molar-refractivity contribution in [3.05, 3.63) is 58.3 Å². The molecule has 0 aliphatic carbocycles. The van der Waals surface area contributed by atoms with Crippen LogP contribution in [0.3, 0.4) is 0 Å². The third kappa shape index (κ3) is 4.60. The molecule has 28 heavy (non-hydrogen) atoms. The first-order valence-electron chi connectivity index (χ1n) is 8.91. The number of amides is 1. The van der Waals surface area contributed by atoms with Crippen molar-refractivity contribution in [2.45, 2.75) is 11.4 Å². The number of pyridine rings is 1. The zero-order valence-electron chi connectivity index (χ0n) is 15.9. The highest BCUT2D eigenvalue weighted by molar-refractivity contribution is 9.10. The van der Waals surface area contributed by atoms with Crippen molar-refractivity contribution in [1.29, 1.82) is 0 Å². The van der Waals surface area contributed by atoms with Gasteiger partial charge in [-0.25, -0.2) is 12.7 Å². The molecule has 2 aromatic rings. The molecule has 0 spiro atoms. The third-order valence-corrected chi connectivity index (χ3v) is 7.53. The van der Waals surface area contributed by atoms with E-state index >= 15 is 0 Å². The summed E-state index contributed by atoms with van der Waals surface area (Å²) in [5, 5.41) is 0. The fourth-order valence-corrected chi connectivity index (χ4v) is 4.92. The summed E-state index contributed by atoms with van der Waals surface area (Å²) in [5.74, 6) is -0.149. The number of piperazine rings is 1. The van der Waals surface area contributed by atoms with Crippen LogP contribution in [0.5, 0.6) is 0 Å². The molecule has 0 N–H and O–H groups in total. The number of halogens is 1. The highest BCUT2D eigenvalue weighted by Crippen LogP contribution is 2.26. The first-order valence-corrected chi connectivity index (χ1v) is 11.1. The van der Waals surface area contributed by atoms with Gasteiger partial charge in [0, 0.05) is 69.2 Å². The van der Waals surface area contributed by atoms with Crippen LogP contribution in [0.2, 0.25) is 0 Å². The van der Waals surface area contributed by atoms with Crippen LogP contribution in [0.4, 0.5) is 0 Å². The van der Waals surface area contributed by atoms with E-state index in [1.807, 2.05) is 18.3 Å². The Hall–Kier alpha value is -1.81. The Balaban J connectivity index is 1.69. The summed E-state index contributed by atoms with van der Waals surface area (Å²) >= 11 is 3.28. The highest BCUT2D eigenvalue weighted by Gasteiger charge is 2.26. The zero-order chi connectivity index (χ0) is 20.3. The van der Waals surface area contributed by atoms with Crippen molar-refractivity contribution in [2.24, 2.45) is 0 Å². The van der Waals surface area contributed by atoms with Gasteiger partial charge in [-0.1, -0.05) is 6.07 Å². The van der Waals surface area contributed by atoms with Crippen molar-refractivity contribution < 1.29 is 13.2 Å². The van der Waals surface area contributed by atoms with E-state index in [1.54, 1.807) is 23.2 Å². The number of aromatic nitrogens is 1. The summed E-state index contributed by atoms with van der Waals surface area (Å²) in [6, 6.07) is 8.68. The molecule has 1 aliphatic rings. The zero-order valence-corrected chi connectivity index (χ0v) is 18.3. The second kappa shape index (κ2) is 8.69. The Bertz CT molecular complexity index is 943. The normalized spacial score (nSPS) is 15.8. The number of hydrogen-bond donors (Lipinski definition) is 0. The molecule has 7 nitrogen and oxygen atoms in total. The molecule has 150 valence electrons. The van der Waals surface area contributed by atoms with Crippen molar-refractivity contribution in [1.82, 2.24) is 19.1 Å².